The lowest BCUT2D eigenvalue weighted by atomic mass is 10.1. The van der Waals surface area contributed by atoms with E-state index in [-0.39, 0.29) is 18.1 Å². The number of carbonyl (C=O) groups excluding carboxylic acids is 1. The maximum absolute atomic E-state index is 12.6. The maximum atomic E-state index is 12.6. The predicted octanol–water partition coefficient (Wildman–Crippen LogP) is 2.41. The third-order valence-electron chi connectivity index (χ3n) is 3.99. The van der Waals surface area contributed by atoms with Gasteiger partial charge in [0.15, 0.2) is 0 Å². The van der Waals surface area contributed by atoms with Gasteiger partial charge in [-0.1, -0.05) is 24.3 Å². The second kappa shape index (κ2) is 5.82. The molecule has 0 bridgehead atoms. The van der Waals surface area contributed by atoms with Crippen molar-refractivity contribution in [3.8, 4) is 0 Å². The molecule has 0 radical (unpaired) electrons. The van der Waals surface area contributed by atoms with E-state index in [2.05, 4.69) is 4.98 Å². The molecular weight excluding hydrogens is 264 g/mol. The normalized spacial score (nSPS) is 22.5. The number of benzene rings is 1. The van der Waals surface area contributed by atoms with Crippen molar-refractivity contribution >= 4 is 16.8 Å². The minimum atomic E-state index is 0.107. The maximum Gasteiger partial charge on any atom is 0.227 e. The first-order valence-electron chi connectivity index (χ1n) is 7.39. The van der Waals surface area contributed by atoms with E-state index in [1.165, 1.54) is 0 Å². The summed E-state index contributed by atoms with van der Waals surface area (Å²) >= 11 is 0. The molecule has 1 amide bonds. The van der Waals surface area contributed by atoms with E-state index < -0.39 is 0 Å². The standard InChI is InChI=1S/C17H20N2O2/c1-12-11-21-13(2)10-19(12)16(20)9-15-6-3-5-14-7-4-8-18-17(14)15/h3-8,12-13H,9-11H2,1-2H3/t12-,13-/m0/s1. The summed E-state index contributed by atoms with van der Waals surface area (Å²) in [5.74, 6) is 0.149. The second-order valence-corrected chi connectivity index (χ2v) is 5.71. The molecule has 0 N–H and O–H groups in total. The lowest BCUT2D eigenvalue weighted by Gasteiger charge is -2.37. The van der Waals surface area contributed by atoms with Crippen LogP contribution in [0.3, 0.4) is 0 Å². The molecule has 110 valence electrons. The Kier molecular flexibility index (Phi) is 3.88. The highest BCUT2D eigenvalue weighted by Gasteiger charge is 2.27. The SMILES string of the molecule is C[C@H]1CN(C(=O)Cc2cccc3cccnc23)[C@@H](C)CO1. The van der Waals surface area contributed by atoms with Crippen molar-refractivity contribution < 1.29 is 9.53 Å². The van der Waals surface area contributed by atoms with Gasteiger partial charge >= 0.3 is 0 Å². The number of rotatable bonds is 2. The molecule has 1 aromatic carbocycles. The molecule has 3 rings (SSSR count). The number of carbonyl (C=O) groups is 1. The number of para-hydroxylation sites is 1. The summed E-state index contributed by atoms with van der Waals surface area (Å²) in [7, 11) is 0. The van der Waals surface area contributed by atoms with Gasteiger partial charge < -0.3 is 9.64 Å². The summed E-state index contributed by atoms with van der Waals surface area (Å²) in [5, 5.41) is 1.08. The third-order valence-corrected chi connectivity index (χ3v) is 3.99. The van der Waals surface area contributed by atoms with Crippen LogP contribution in [-0.4, -0.2) is 41.1 Å². The zero-order valence-electron chi connectivity index (χ0n) is 12.5. The molecule has 2 aromatic rings. The largest absolute Gasteiger partial charge is 0.375 e. The van der Waals surface area contributed by atoms with Crippen LogP contribution in [-0.2, 0) is 16.0 Å². The van der Waals surface area contributed by atoms with E-state index >= 15 is 0 Å². The summed E-state index contributed by atoms with van der Waals surface area (Å²) < 4.78 is 5.58. The molecule has 1 fully saturated rings. The molecule has 1 aromatic heterocycles. The minimum Gasteiger partial charge on any atom is -0.375 e. The molecule has 4 nitrogen and oxygen atoms in total. The fourth-order valence-corrected chi connectivity index (χ4v) is 2.83. The van der Waals surface area contributed by atoms with Crippen molar-refractivity contribution in [2.24, 2.45) is 0 Å². The molecule has 1 saturated heterocycles. The molecule has 2 atom stereocenters. The molecule has 0 saturated carbocycles. The van der Waals surface area contributed by atoms with Gasteiger partial charge in [0.05, 0.1) is 30.7 Å². The van der Waals surface area contributed by atoms with E-state index in [0.29, 0.717) is 19.6 Å². The zero-order valence-corrected chi connectivity index (χ0v) is 12.5. The van der Waals surface area contributed by atoms with Crippen LogP contribution in [0.4, 0.5) is 0 Å². The van der Waals surface area contributed by atoms with E-state index in [1.54, 1.807) is 6.20 Å². The zero-order chi connectivity index (χ0) is 14.8. The van der Waals surface area contributed by atoms with Crippen LogP contribution < -0.4 is 0 Å². The van der Waals surface area contributed by atoms with Gasteiger partial charge in [-0.3, -0.25) is 9.78 Å². The molecule has 21 heavy (non-hydrogen) atoms. The number of amides is 1. The number of aromatic nitrogens is 1. The lowest BCUT2D eigenvalue weighted by Crippen LogP contribution is -2.50. The fraction of sp³-hybridized carbons (Fsp3) is 0.412. The first kappa shape index (κ1) is 14.0. The Bertz CT molecular complexity index is 651. The Morgan fingerprint density at radius 2 is 2.14 bits per heavy atom. The van der Waals surface area contributed by atoms with E-state index in [1.807, 2.05) is 49.1 Å². The van der Waals surface area contributed by atoms with Gasteiger partial charge in [0, 0.05) is 18.1 Å². The number of nitrogens with zero attached hydrogens (tertiary/aromatic N) is 2. The second-order valence-electron chi connectivity index (χ2n) is 5.71. The van der Waals surface area contributed by atoms with Crippen molar-refractivity contribution in [2.75, 3.05) is 13.2 Å². The molecule has 0 spiro atoms. The molecule has 1 aliphatic heterocycles. The summed E-state index contributed by atoms with van der Waals surface area (Å²) in [6.07, 6.45) is 2.28. The third kappa shape index (κ3) is 2.90. The first-order valence-corrected chi connectivity index (χ1v) is 7.39. The smallest absolute Gasteiger partial charge is 0.227 e. The summed E-state index contributed by atoms with van der Waals surface area (Å²) in [6.45, 7) is 5.32. The van der Waals surface area contributed by atoms with Gasteiger partial charge in [0.25, 0.3) is 0 Å². The van der Waals surface area contributed by atoms with Crippen LogP contribution in [0.2, 0.25) is 0 Å². The van der Waals surface area contributed by atoms with E-state index in [4.69, 9.17) is 4.74 Å². The summed E-state index contributed by atoms with van der Waals surface area (Å²) in [4.78, 5) is 19.0. The Morgan fingerprint density at radius 1 is 1.33 bits per heavy atom. The van der Waals surface area contributed by atoms with Gasteiger partial charge in [0.2, 0.25) is 5.91 Å². The Morgan fingerprint density at radius 3 is 3.00 bits per heavy atom. The van der Waals surface area contributed by atoms with E-state index in [9.17, 15) is 4.79 Å². The number of hydrogen-bond acceptors (Lipinski definition) is 3. The van der Waals surface area contributed by atoms with Crippen molar-refractivity contribution in [1.29, 1.82) is 0 Å². The summed E-state index contributed by atoms with van der Waals surface area (Å²) in [5.41, 5.74) is 1.91. The van der Waals surface area contributed by atoms with Crippen LogP contribution in [0.5, 0.6) is 0 Å². The highest BCUT2D eigenvalue weighted by molar-refractivity contribution is 5.87. The molecule has 4 heteroatoms. The minimum absolute atomic E-state index is 0.107. The van der Waals surface area contributed by atoms with Gasteiger partial charge in [-0.15, -0.1) is 0 Å². The molecule has 2 heterocycles. The highest BCUT2D eigenvalue weighted by Crippen LogP contribution is 2.19. The molecule has 1 aliphatic rings. The molecule has 0 unspecified atom stereocenters. The van der Waals surface area contributed by atoms with E-state index in [0.717, 1.165) is 16.5 Å². The number of morpholine rings is 1. The Labute approximate surface area is 124 Å². The quantitative estimate of drug-likeness (QED) is 0.850. The van der Waals surface area contributed by atoms with Crippen molar-refractivity contribution in [3.63, 3.8) is 0 Å². The Hall–Kier alpha value is -1.94. The van der Waals surface area contributed by atoms with Crippen molar-refractivity contribution in [2.45, 2.75) is 32.4 Å². The Balaban J connectivity index is 1.83. The van der Waals surface area contributed by atoms with Crippen LogP contribution in [0, 0.1) is 0 Å². The monoisotopic (exact) mass is 284 g/mol. The van der Waals surface area contributed by atoms with Crippen LogP contribution in [0.15, 0.2) is 36.5 Å². The van der Waals surface area contributed by atoms with Crippen LogP contribution in [0.1, 0.15) is 19.4 Å². The van der Waals surface area contributed by atoms with Gasteiger partial charge in [-0.05, 0) is 25.5 Å². The summed E-state index contributed by atoms with van der Waals surface area (Å²) in [6, 6.07) is 10.1. The highest BCUT2D eigenvalue weighted by atomic mass is 16.5. The van der Waals surface area contributed by atoms with Crippen molar-refractivity contribution in [1.82, 2.24) is 9.88 Å². The van der Waals surface area contributed by atoms with Gasteiger partial charge in [-0.2, -0.15) is 0 Å². The van der Waals surface area contributed by atoms with Crippen LogP contribution in [0.25, 0.3) is 10.9 Å². The number of ether oxygens (including phenoxy) is 1. The predicted molar refractivity (Wildman–Crippen MR) is 82.0 cm³/mol. The fourth-order valence-electron chi connectivity index (χ4n) is 2.83. The number of fused-ring (bicyclic) bond motifs is 1. The topological polar surface area (TPSA) is 42.4 Å². The van der Waals surface area contributed by atoms with Crippen LogP contribution >= 0.6 is 0 Å². The van der Waals surface area contributed by atoms with Crippen molar-refractivity contribution in [3.05, 3.63) is 42.1 Å². The first-order chi connectivity index (χ1) is 10.1. The van der Waals surface area contributed by atoms with Gasteiger partial charge in [0.1, 0.15) is 0 Å². The molecule has 0 aliphatic carbocycles. The number of pyridine rings is 1. The average Bonchev–Trinajstić information content (AvgIpc) is 2.50. The van der Waals surface area contributed by atoms with Gasteiger partial charge in [-0.25, -0.2) is 0 Å². The number of hydrogen-bond donors (Lipinski definition) is 0. The molecular formula is C17H20N2O2. The lowest BCUT2D eigenvalue weighted by molar-refractivity contribution is -0.142. The average molecular weight is 284 g/mol.